The van der Waals surface area contributed by atoms with E-state index in [4.69, 9.17) is 11.6 Å². The summed E-state index contributed by atoms with van der Waals surface area (Å²) in [6, 6.07) is 12.1. The minimum atomic E-state index is -4.06. The normalized spacial score (nSPS) is 21.0. The minimum absolute atomic E-state index is 0.189. The minimum Gasteiger partial charge on any atom is -0.383 e. The van der Waals surface area contributed by atoms with Crippen LogP contribution in [-0.2, 0) is 15.6 Å². The van der Waals surface area contributed by atoms with Gasteiger partial charge in [-0.05, 0) is 62.4 Å². The summed E-state index contributed by atoms with van der Waals surface area (Å²) in [6.07, 6.45) is 9.97. The molecule has 194 valence electrons. The van der Waals surface area contributed by atoms with E-state index in [0.29, 0.717) is 56.3 Å². The van der Waals surface area contributed by atoms with Gasteiger partial charge in [0.05, 0.1) is 10.6 Å². The number of carbonyl (C=O) groups is 1. The fourth-order valence-electron chi connectivity index (χ4n) is 4.94. The maximum atomic E-state index is 14.4. The van der Waals surface area contributed by atoms with Crippen molar-refractivity contribution in [1.29, 1.82) is 0 Å². The lowest BCUT2D eigenvalue weighted by molar-refractivity contribution is -0.0389. The number of hydrogen-bond acceptors (Lipinski definition) is 7. The van der Waals surface area contributed by atoms with Gasteiger partial charge in [0.2, 0.25) is 10.0 Å². The summed E-state index contributed by atoms with van der Waals surface area (Å²) in [6.45, 7) is 1.65. The smallest absolute Gasteiger partial charge is 0.250 e. The monoisotopic (exact) mass is 565 g/mol. The Labute approximate surface area is 229 Å². The third-order valence-corrected chi connectivity index (χ3v) is 11.3. The number of fused-ring (bicyclic) bond motifs is 1. The molecule has 0 amide bonds. The van der Waals surface area contributed by atoms with E-state index in [2.05, 4.69) is 9.97 Å². The van der Waals surface area contributed by atoms with Crippen molar-refractivity contribution in [2.75, 3.05) is 0 Å². The first-order valence-electron chi connectivity index (χ1n) is 12.2. The van der Waals surface area contributed by atoms with E-state index in [-0.39, 0.29) is 6.42 Å². The van der Waals surface area contributed by atoms with Crippen molar-refractivity contribution in [3.05, 3.63) is 87.5 Å². The van der Waals surface area contributed by atoms with Crippen LogP contribution in [0.1, 0.15) is 52.8 Å². The first kappa shape index (κ1) is 25.2. The number of nitrogens with zero attached hydrogens (tertiary/aromatic N) is 3. The second-order valence-corrected chi connectivity index (χ2v) is 13.7. The fraction of sp³-hybridized carbons (Fsp3) is 0.250. The Morgan fingerprint density at radius 3 is 2.58 bits per heavy atom. The molecule has 7 nitrogen and oxygen atoms in total. The summed E-state index contributed by atoms with van der Waals surface area (Å²) in [5.41, 5.74) is 1.77. The molecule has 1 atom stereocenters. The predicted octanol–water partition coefficient (Wildman–Crippen LogP) is 5.89. The zero-order chi connectivity index (χ0) is 26.7. The van der Waals surface area contributed by atoms with Crippen molar-refractivity contribution in [3.63, 3.8) is 0 Å². The van der Waals surface area contributed by atoms with E-state index in [1.54, 1.807) is 61.8 Å². The highest BCUT2D eigenvalue weighted by Crippen LogP contribution is 2.46. The second kappa shape index (κ2) is 8.98. The second-order valence-electron chi connectivity index (χ2n) is 10.00. The molecule has 6 rings (SSSR count). The number of benzene rings is 1. The van der Waals surface area contributed by atoms with Gasteiger partial charge in [-0.2, -0.15) is 0 Å². The van der Waals surface area contributed by atoms with Gasteiger partial charge >= 0.3 is 0 Å². The van der Waals surface area contributed by atoms with Crippen molar-refractivity contribution < 1.29 is 18.3 Å². The molecule has 4 aromatic rings. The molecule has 0 spiro atoms. The number of aromatic nitrogens is 3. The van der Waals surface area contributed by atoms with Crippen LogP contribution in [0.2, 0.25) is 0 Å². The Morgan fingerprint density at radius 1 is 1.16 bits per heavy atom. The van der Waals surface area contributed by atoms with Gasteiger partial charge in [0.15, 0.2) is 5.65 Å². The van der Waals surface area contributed by atoms with E-state index in [0.717, 1.165) is 17.6 Å². The Morgan fingerprint density at radius 2 is 1.92 bits per heavy atom. The molecular weight excluding hydrogens is 542 g/mol. The number of hydrogen-bond donors (Lipinski definition) is 1. The number of rotatable bonds is 6. The lowest BCUT2D eigenvalue weighted by Crippen LogP contribution is -2.39. The maximum absolute atomic E-state index is 14.4. The van der Waals surface area contributed by atoms with Crippen LogP contribution in [0.3, 0.4) is 0 Å². The van der Waals surface area contributed by atoms with Gasteiger partial charge in [-0.15, -0.1) is 11.3 Å². The van der Waals surface area contributed by atoms with E-state index in [9.17, 15) is 18.3 Å². The first-order valence-corrected chi connectivity index (χ1v) is 14.8. The van der Waals surface area contributed by atoms with Gasteiger partial charge in [0.1, 0.15) is 21.6 Å². The highest BCUT2D eigenvalue weighted by Gasteiger charge is 2.43. The van der Waals surface area contributed by atoms with Crippen molar-refractivity contribution in [1.82, 2.24) is 13.9 Å². The topological polar surface area (TPSA) is 102 Å². The van der Waals surface area contributed by atoms with Gasteiger partial charge < -0.3 is 5.11 Å². The van der Waals surface area contributed by atoms with Crippen molar-refractivity contribution in [2.45, 2.75) is 43.0 Å². The maximum Gasteiger partial charge on any atom is 0.250 e. The molecule has 1 N–H and O–H groups in total. The summed E-state index contributed by atoms with van der Waals surface area (Å²) in [7, 11) is -4.06. The Hall–Kier alpha value is -3.11. The molecule has 1 saturated carbocycles. The number of halogens is 1. The molecule has 3 aromatic heterocycles. The van der Waals surface area contributed by atoms with Crippen LogP contribution in [0.15, 0.2) is 72.0 Å². The van der Waals surface area contributed by atoms with Gasteiger partial charge in [-0.25, -0.2) is 22.4 Å². The zero-order valence-electron chi connectivity index (χ0n) is 20.5. The molecule has 0 saturated heterocycles. The number of pyridine rings is 1. The third-order valence-electron chi connectivity index (χ3n) is 7.44. The van der Waals surface area contributed by atoms with Crippen LogP contribution in [0.5, 0.6) is 0 Å². The molecule has 1 aromatic carbocycles. The van der Waals surface area contributed by atoms with E-state index in [1.165, 1.54) is 15.3 Å². The summed E-state index contributed by atoms with van der Waals surface area (Å²) in [5, 5.41) is 12.3. The average molecular weight is 566 g/mol. The van der Waals surface area contributed by atoms with E-state index < -0.39 is 20.4 Å². The number of allylic oxidation sites excluding steroid dienone is 3. The predicted molar refractivity (Wildman–Crippen MR) is 150 cm³/mol. The third kappa shape index (κ3) is 3.88. The van der Waals surface area contributed by atoms with Crippen molar-refractivity contribution >= 4 is 55.9 Å². The lowest BCUT2D eigenvalue weighted by Gasteiger charge is -2.34. The lowest BCUT2D eigenvalue weighted by atomic mass is 9.81. The number of carbonyl (C=O) groups excluding carboxylic acids is 1. The highest BCUT2D eigenvalue weighted by molar-refractivity contribution is 7.91. The van der Waals surface area contributed by atoms with Gasteiger partial charge in [-0.3, -0.25) is 4.79 Å². The highest BCUT2D eigenvalue weighted by atomic mass is 35.5. The number of thiazole rings is 1. The molecule has 0 bridgehead atoms. The molecule has 10 heteroatoms. The number of aliphatic hydroxyl groups is 1. The summed E-state index contributed by atoms with van der Waals surface area (Å²) in [4.78, 5) is 20.8. The Bertz CT molecular complexity index is 1750. The first-order chi connectivity index (χ1) is 18.1. The Kier molecular flexibility index (Phi) is 5.95. The molecule has 3 heterocycles. The van der Waals surface area contributed by atoms with Gasteiger partial charge in [0, 0.05) is 33.9 Å². The fourth-order valence-corrected chi connectivity index (χ4v) is 8.37. The van der Waals surface area contributed by atoms with Crippen LogP contribution in [0.25, 0.3) is 27.9 Å². The van der Waals surface area contributed by atoms with E-state index in [1.807, 2.05) is 12.1 Å². The van der Waals surface area contributed by atoms with E-state index >= 15 is 0 Å². The molecular formula is C28H24ClN3O4S2. The molecule has 2 aliphatic carbocycles. The van der Waals surface area contributed by atoms with Gasteiger partial charge in [-0.1, -0.05) is 41.9 Å². The van der Waals surface area contributed by atoms with Crippen LogP contribution in [-0.4, -0.2) is 38.5 Å². The zero-order valence-corrected chi connectivity index (χ0v) is 22.9. The Balaban J connectivity index is 1.41. The van der Waals surface area contributed by atoms with Crippen LogP contribution >= 0.6 is 22.9 Å². The van der Waals surface area contributed by atoms with Crippen LogP contribution in [0.4, 0.5) is 0 Å². The molecule has 2 aliphatic rings. The van der Waals surface area contributed by atoms with Crippen LogP contribution in [0, 0.1) is 0 Å². The van der Waals surface area contributed by atoms with Crippen molar-refractivity contribution in [3.8, 4) is 11.3 Å². The molecule has 1 unspecified atom stereocenters. The summed E-state index contributed by atoms with van der Waals surface area (Å²) >= 11 is 8.13. The number of aldehydes is 1. The molecule has 1 fully saturated rings. The van der Waals surface area contributed by atoms with Crippen molar-refractivity contribution in [2.24, 2.45) is 0 Å². The van der Waals surface area contributed by atoms with Crippen LogP contribution < -0.4 is 0 Å². The average Bonchev–Trinajstić information content (AvgIpc) is 3.53. The molecule has 0 aliphatic heterocycles. The SMILES string of the molecule is CC1(S(=O)(=O)n2c(-c3ccc(C=O)cc3)cc3cccnc32)C=C(Cl)C(c2cnc(C3(O)CCC3)s2)=CC1. The molecule has 38 heavy (non-hydrogen) atoms. The molecule has 0 radical (unpaired) electrons. The largest absolute Gasteiger partial charge is 0.383 e. The van der Waals surface area contributed by atoms with Gasteiger partial charge in [0.25, 0.3) is 0 Å². The summed E-state index contributed by atoms with van der Waals surface area (Å²) in [5.74, 6) is 0. The summed E-state index contributed by atoms with van der Waals surface area (Å²) < 4.78 is 28.7. The quantitative estimate of drug-likeness (QED) is 0.292. The standard InChI is InChI=1S/C28H24ClN3O4S2/c1-27(12-9-21(22(29)15-27)24-16-31-26(37-24)28(34)10-3-11-28)38(35,36)32-23(14-20-4-2-13-30-25(20)32)19-7-5-18(17-33)6-8-19/h2,4-9,13-17,34H,3,10-12H2,1H3.